The lowest BCUT2D eigenvalue weighted by Gasteiger charge is -2.32. The summed E-state index contributed by atoms with van der Waals surface area (Å²) in [4.78, 5) is 27.9. The van der Waals surface area contributed by atoms with E-state index in [1.54, 1.807) is 0 Å². The number of benzene rings is 2. The molecule has 2 N–H and O–H groups in total. The van der Waals surface area contributed by atoms with Crippen molar-refractivity contribution in [2.45, 2.75) is 6.92 Å². The van der Waals surface area contributed by atoms with Crippen LogP contribution >= 0.6 is 15.9 Å². The third-order valence-electron chi connectivity index (χ3n) is 4.59. The molecule has 1 heterocycles. The molecular formula is C20H23BrN3O2+. The molecule has 5 nitrogen and oxygen atoms in total. The number of rotatable bonds is 4. The maximum absolute atomic E-state index is 12.5. The highest BCUT2D eigenvalue weighted by atomic mass is 79.9. The summed E-state index contributed by atoms with van der Waals surface area (Å²) in [6, 6.07) is 15.2. The lowest BCUT2D eigenvalue weighted by Crippen LogP contribution is -3.15. The third kappa shape index (κ3) is 4.71. The largest absolute Gasteiger partial charge is 0.327 e. The van der Waals surface area contributed by atoms with E-state index in [-0.39, 0.29) is 11.8 Å². The number of anilines is 1. The molecule has 2 aromatic carbocycles. The SMILES string of the molecule is Cc1ccc(NC(=O)C[NH+]2CCN(C(=O)c3ccccc3)CC2)c(Br)c1. The summed E-state index contributed by atoms with van der Waals surface area (Å²) in [6.45, 7) is 5.32. The second kappa shape index (κ2) is 8.47. The first-order valence-corrected chi connectivity index (χ1v) is 9.56. The van der Waals surface area contributed by atoms with Crippen molar-refractivity contribution in [3.05, 3.63) is 64.1 Å². The first-order chi connectivity index (χ1) is 12.5. The van der Waals surface area contributed by atoms with Crippen LogP contribution in [0.4, 0.5) is 5.69 Å². The first-order valence-electron chi connectivity index (χ1n) is 8.77. The summed E-state index contributed by atoms with van der Waals surface area (Å²) in [6.07, 6.45) is 0. The second-order valence-corrected chi connectivity index (χ2v) is 7.47. The molecule has 1 fully saturated rings. The van der Waals surface area contributed by atoms with Crippen LogP contribution in [0.5, 0.6) is 0 Å². The van der Waals surface area contributed by atoms with E-state index < -0.39 is 0 Å². The number of quaternary nitrogens is 1. The summed E-state index contributed by atoms with van der Waals surface area (Å²) in [5, 5.41) is 2.96. The summed E-state index contributed by atoms with van der Waals surface area (Å²) >= 11 is 3.48. The molecular weight excluding hydrogens is 394 g/mol. The number of halogens is 1. The van der Waals surface area contributed by atoms with E-state index in [4.69, 9.17) is 0 Å². The quantitative estimate of drug-likeness (QED) is 0.797. The Bertz CT molecular complexity index is 787. The van der Waals surface area contributed by atoms with Crippen molar-refractivity contribution in [2.75, 3.05) is 38.0 Å². The lowest BCUT2D eigenvalue weighted by molar-refractivity contribution is -0.895. The second-order valence-electron chi connectivity index (χ2n) is 6.62. The van der Waals surface area contributed by atoms with Crippen LogP contribution < -0.4 is 10.2 Å². The lowest BCUT2D eigenvalue weighted by atomic mass is 10.2. The topological polar surface area (TPSA) is 53.9 Å². The number of hydrogen-bond acceptors (Lipinski definition) is 2. The van der Waals surface area contributed by atoms with Crippen molar-refractivity contribution < 1.29 is 14.5 Å². The Kier molecular flexibility index (Phi) is 6.06. The van der Waals surface area contributed by atoms with Crippen LogP contribution in [0, 0.1) is 6.92 Å². The first kappa shape index (κ1) is 18.6. The highest BCUT2D eigenvalue weighted by Gasteiger charge is 2.25. The summed E-state index contributed by atoms with van der Waals surface area (Å²) < 4.78 is 0.888. The van der Waals surface area contributed by atoms with Gasteiger partial charge in [-0.25, -0.2) is 0 Å². The smallest absolute Gasteiger partial charge is 0.279 e. The Morgan fingerprint density at radius 3 is 2.46 bits per heavy atom. The predicted molar refractivity (Wildman–Crippen MR) is 105 cm³/mol. The van der Waals surface area contributed by atoms with Crippen molar-refractivity contribution in [1.29, 1.82) is 0 Å². The molecule has 3 rings (SSSR count). The molecule has 136 valence electrons. The average Bonchev–Trinajstić information content (AvgIpc) is 2.65. The van der Waals surface area contributed by atoms with Crippen molar-refractivity contribution >= 4 is 33.4 Å². The van der Waals surface area contributed by atoms with Gasteiger partial charge in [0, 0.05) is 10.0 Å². The van der Waals surface area contributed by atoms with Crippen LogP contribution in [0.15, 0.2) is 53.0 Å². The zero-order valence-electron chi connectivity index (χ0n) is 14.8. The van der Waals surface area contributed by atoms with Gasteiger partial charge < -0.3 is 15.1 Å². The molecule has 2 aromatic rings. The Hall–Kier alpha value is -2.18. The summed E-state index contributed by atoms with van der Waals surface area (Å²) in [5.74, 6) is 0.0603. The van der Waals surface area contributed by atoms with Gasteiger partial charge in [-0.2, -0.15) is 0 Å². The van der Waals surface area contributed by atoms with Gasteiger partial charge in [-0.1, -0.05) is 24.3 Å². The number of amides is 2. The van der Waals surface area contributed by atoms with E-state index in [1.807, 2.05) is 60.4 Å². The zero-order valence-corrected chi connectivity index (χ0v) is 16.4. The van der Waals surface area contributed by atoms with Gasteiger partial charge in [-0.15, -0.1) is 0 Å². The van der Waals surface area contributed by atoms with Gasteiger partial charge in [0.2, 0.25) is 0 Å². The van der Waals surface area contributed by atoms with Crippen LogP contribution in [0.1, 0.15) is 15.9 Å². The Labute approximate surface area is 162 Å². The fraction of sp³-hybridized carbons (Fsp3) is 0.300. The molecule has 1 aliphatic rings. The van der Waals surface area contributed by atoms with Crippen molar-refractivity contribution in [2.24, 2.45) is 0 Å². The number of carbonyl (C=O) groups is 2. The van der Waals surface area contributed by atoms with Gasteiger partial charge in [0.25, 0.3) is 11.8 Å². The van der Waals surface area contributed by atoms with E-state index >= 15 is 0 Å². The summed E-state index contributed by atoms with van der Waals surface area (Å²) in [7, 11) is 0. The Morgan fingerprint density at radius 1 is 1.12 bits per heavy atom. The minimum Gasteiger partial charge on any atom is -0.327 e. The van der Waals surface area contributed by atoms with E-state index in [0.29, 0.717) is 19.6 Å². The maximum atomic E-state index is 12.5. The van der Waals surface area contributed by atoms with Gasteiger partial charge in [0.05, 0.1) is 31.9 Å². The van der Waals surface area contributed by atoms with Gasteiger partial charge in [0.15, 0.2) is 6.54 Å². The summed E-state index contributed by atoms with van der Waals surface area (Å²) in [5.41, 5.74) is 2.65. The minimum absolute atomic E-state index is 0.00705. The van der Waals surface area contributed by atoms with Gasteiger partial charge in [-0.05, 0) is 52.7 Å². The molecule has 0 spiro atoms. The normalized spacial score (nSPS) is 14.9. The molecule has 0 radical (unpaired) electrons. The fourth-order valence-electron chi connectivity index (χ4n) is 3.11. The number of carbonyl (C=O) groups excluding carboxylic acids is 2. The van der Waals surface area contributed by atoms with Crippen LogP contribution in [-0.2, 0) is 4.79 Å². The minimum atomic E-state index is -0.00705. The van der Waals surface area contributed by atoms with Crippen molar-refractivity contribution in [3.63, 3.8) is 0 Å². The molecule has 1 aliphatic heterocycles. The maximum Gasteiger partial charge on any atom is 0.279 e. The van der Waals surface area contributed by atoms with E-state index in [1.165, 1.54) is 4.90 Å². The molecule has 0 saturated carbocycles. The molecule has 0 unspecified atom stereocenters. The number of aryl methyl sites for hydroxylation is 1. The molecule has 0 aliphatic carbocycles. The zero-order chi connectivity index (χ0) is 18.5. The molecule has 26 heavy (non-hydrogen) atoms. The molecule has 1 saturated heterocycles. The molecule has 2 amide bonds. The number of piperazine rings is 1. The van der Waals surface area contributed by atoms with E-state index in [0.717, 1.165) is 34.4 Å². The van der Waals surface area contributed by atoms with Gasteiger partial charge in [-0.3, -0.25) is 9.59 Å². The monoisotopic (exact) mass is 416 g/mol. The van der Waals surface area contributed by atoms with Gasteiger partial charge >= 0.3 is 0 Å². The van der Waals surface area contributed by atoms with E-state index in [2.05, 4.69) is 21.2 Å². The molecule has 0 atom stereocenters. The third-order valence-corrected chi connectivity index (χ3v) is 5.24. The molecule has 6 heteroatoms. The standard InChI is InChI=1S/C20H22BrN3O2/c1-15-7-8-18(17(21)13-15)22-19(25)14-23-9-11-24(12-10-23)20(26)16-5-3-2-4-6-16/h2-8,13H,9-12,14H2,1H3,(H,22,25)/p+1. The average molecular weight is 417 g/mol. The van der Waals surface area contributed by atoms with E-state index in [9.17, 15) is 9.59 Å². The van der Waals surface area contributed by atoms with Gasteiger partial charge in [0.1, 0.15) is 0 Å². The van der Waals surface area contributed by atoms with Crippen LogP contribution in [0.3, 0.4) is 0 Å². The number of hydrogen-bond donors (Lipinski definition) is 2. The van der Waals surface area contributed by atoms with Crippen LogP contribution in [-0.4, -0.2) is 49.4 Å². The number of nitrogens with zero attached hydrogens (tertiary/aromatic N) is 1. The van der Waals surface area contributed by atoms with Crippen LogP contribution in [0.25, 0.3) is 0 Å². The van der Waals surface area contributed by atoms with Crippen molar-refractivity contribution in [1.82, 2.24) is 4.90 Å². The van der Waals surface area contributed by atoms with Crippen LogP contribution in [0.2, 0.25) is 0 Å². The highest BCUT2D eigenvalue weighted by molar-refractivity contribution is 9.10. The Morgan fingerprint density at radius 2 is 1.81 bits per heavy atom. The molecule has 0 bridgehead atoms. The molecule has 0 aromatic heterocycles. The Balaban J connectivity index is 1.49. The fourth-order valence-corrected chi connectivity index (χ4v) is 3.70. The number of nitrogens with one attached hydrogen (secondary N) is 2. The predicted octanol–water partition coefficient (Wildman–Crippen LogP) is 1.74. The van der Waals surface area contributed by atoms with Crippen molar-refractivity contribution in [3.8, 4) is 0 Å². The highest BCUT2D eigenvalue weighted by Crippen LogP contribution is 2.23.